The van der Waals surface area contributed by atoms with Gasteiger partial charge < -0.3 is 15.0 Å². The minimum absolute atomic E-state index is 0.0385. The number of benzene rings is 1. The first-order chi connectivity index (χ1) is 14.0. The van der Waals surface area contributed by atoms with Crippen LogP contribution in [0.3, 0.4) is 0 Å². The fraction of sp³-hybridized carbons (Fsp3) is 0.250. The van der Waals surface area contributed by atoms with E-state index < -0.39 is 0 Å². The van der Waals surface area contributed by atoms with Crippen LogP contribution in [0.1, 0.15) is 25.5 Å². The number of ether oxygens (including phenoxy) is 1. The number of nitrogen functional groups attached to an aromatic ring is 1. The van der Waals surface area contributed by atoms with E-state index in [2.05, 4.69) is 20.3 Å². The number of aromatic nitrogens is 6. The van der Waals surface area contributed by atoms with Crippen LogP contribution in [0.4, 0.5) is 5.95 Å². The van der Waals surface area contributed by atoms with Crippen LogP contribution in [0.25, 0.3) is 22.3 Å². The molecule has 0 saturated carbocycles. The third kappa shape index (κ3) is 3.54. The van der Waals surface area contributed by atoms with E-state index in [1.165, 1.54) is 0 Å². The van der Waals surface area contributed by atoms with Crippen LogP contribution < -0.4 is 16.0 Å². The molecule has 2 N–H and O–H groups in total. The van der Waals surface area contributed by atoms with Crippen LogP contribution >= 0.6 is 0 Å². The van der Waals surface area contributed by atoms with Crippen molar-refractivity contribution in [1.82, 2.24) is 29.5 Å². The van der Waals surface area contributed by atoms with Crippen molar-refractivity contribution in [2.45, 2.75) is 26.4 Å². The summed E-state index contributed by atoms with van der Waals surface area (Å²) in [5.41, 5.74) is 8.27. The van der Waals surface area contributed by atoms with Gasteiger partial charge in [0.2, 0.25) is 5.95 Å². The maximum Gasteiger partial charge on any atom is 0.255 e. The van der Waals surface area contributed by atoms with E-state index in [0.717, 1.165) is 5.39 Å². The molecule has 3 aromatic heterocycles. The van der Waals surface area contributed by atoms with E-state index in [-0.39, 0.29) is 17.5 Å². The van der Waals surface area contributed by atoms with Gasteiger partial charge >= 0.3 is 0 Å². The van der Waals surface area contributed by atoms with Gasteiger partial charge in [-0.05, 0) is 32.0 Å². The molecule has 0 atom stereocenters. The predicted molar refractivity (Wildman–Crippen MR) is 110 cm³/mol. The lowest BCUT2D eigenvalue weighted by Crippen LogP contribution is -2.25. The minimum Gasteiger partial charge on any atom is -0.497 e. The molecule has 9 nitrogen and oxygen atoms in total. The summed E-state index contributed by atoms with van der Waals surface area (Å²) in [6, 6.07) is 9.22. The van der Waals surface area contributed by atoms with E-state index in [9.17, 15) is 4.79 Å². The zero-order valence-electron chi connectivity index (χ0n) is 16.4. The topological polar surface area (TPSA) is 114 Å². The number of hydrogen-bond acceptors (Lipinski definition) is 7. The average molecular weight is 391 g/mol. The molecule has 29 heavy (non-hydrogen) atoms. The summed E-state index contributed by atoms with van der Waals surface area (Å²) in [6.45, 7) is 4.25. The second kappa shape index (κ2) is 7.34. The fourth-order valence-electron chi connectivity index (χ4n) is 3.19. The molecule has 0 unspecified atom stereocenters. The number of nitrogens with two attached hydrogens (primary N) is 1. The van der Waals surface area contributed by atoms with Crippen molar-refractivity contribution in [3.63, 3.8) is 0 Å². The standard InChI is InChI=1S/C20H21N7O2/c1-12(2)27-8-4-5-13(19(27)28)10-26-11-17(24-25-26)18-15-7-6-14(29-3)9-16(15)22-20(21)23-18/h4-9,11-12H,10H2,1-3H3,(H2,21,22,23). The number of nitrogens with zero attached hydrogens (tertiary/aromatic N) is 6. The Hall–Kier alpha value is -3.75. The molecule has 148 valence electrons. The van der Waals surface area contributed by atoms with Crippen molar-refractivity contribution in [3.8, 4) is 17.1 Å². The monoisotopic (exact) mass is 391 g/mol. The molecule has 0 bridgehead atoms. The number of anilines is 1. The smallest absolute Gasteiger partial charge is 0.255 e. The molecular weight excluding hydrogens is 370 g/mol. The van der Waals surface area contributed by atoms with Crippen molar-refractivity contribution >= 4 is 16.9 Å². The molecular formula is C20H21N7O2. The molecule has 0 aliphatic rings. The first-order valence-electron chi connectivity index (χ1n) is 9.18. The molecule has 0 amide bonds. The third-order valence-corrected chi connectivity index (χ3v) is 4.64. The molecule has 3 heterocycles. The highest BCUT2D eigenvalue weighted by atomic mass is 16.5. The summed E-state index contributed by atoms with van der Waals surface area (Å²) in [5.74, 6) is 0.814. The zero-order valence-corrected chi connectivity index (χ0v) is 16.4. The largest absolute Gasteiger partial charge is 0.497 e. The van der Waals surface area contributed by atoms with Crippen LogP contribution in [0.15, 0.2) is 47.5 Å². The number of pyridine rings is 1. The minimum atomic E-state index is -0.0385. The zero-order chi connectivity index (χ0) is 20.5. The van der Waals surface area contributed by atoms with Crippen LogP contribution in [0, 0.1) is 0 Å². The normalized spacial score (nSPS) is 11.3. The molecule has 0 saturated heterocycles. The van der Waals surface area contributed by atoms with E-state index >= 15 is 0 Å². The van der Waals surface area contributed by atoms with Gasteiger partial charge in [0.05, 0.1) is 25.4 Å². The molecule has 1 aromatic carbocycles. The van der Waals surface area contributed by atoms with Crippen LogP contribution in [0.5, 0.6) is 5.75 Å². The van der Waals surface area contributed by atoms with Gasteiger partial charge in [-0.2, -0.15) is 0 Å². The molecule has 0 radical (unpaired) electrons. The lowest BCUT2D eigenvalue weighted by molar-refractivity contribution is 0.415. The van der Waals surface area contributed by atoms with Crippen molar-refractivity contribution in [3.05, 3.63) is 58.6 Å². The second-order valence-corrected chi connectivity index (χ2v) is 6.95. The van der Waals surface area contributed by atoms with Gasteiger partial charge in [-0.15, -0.1) is 5.10 Å². The predicted octanol–water partition coefficient (Wildman–Crippen LogP) is 2.27. The van der Waals surface area contributed by atoms with Crippen LogP contribution in [-0.4, -0.2) is 36.6 Å². The van der Waals surface area contributed by atoms with E-state index in [0.29, 0.717) is 34.8 Å². The Morgan fingerprint density at radius 2 is 2.03 bits per heavy atom. The number of fused-ring (bicyclic) bond motifs is 1. The van der Waals surface area contributed by atoms with Gasteiger partial charge in [-0.25, -0.2) is 14.6 Å². The van der Waals surface area contributed by atoms with Gasteiger partial charge in [0.25, 0.3) is 5.56 Å². The molecule has 4 aromatic rings. The van der Waals surface area contributed by atoms with Gasteiger partial charge in [0.1, 0.15) is 17.1 Å². The first kappa shape index (κ1) is 18.6. The quantitative estimate of drug-likeness (QED) is 0.555. The Morgan fingerprint density at radius 1 is 1.21 bits per heavy atom. The maximum absolute atomic E-state index is 12.6. The molecule has 0 fully saturated rings. The lowest BCUT2D eigenvalue weighted by atomic mass is 10.1. The Morgan fingerprint density at radius 3 is 2.79 bits per heavy atom. The summed E-state index contributed by atoms with van der Waals surface area (Å²) >= 11 is 0. The Bertz CT molecular complexity index is 1240. The average Bonchev–Trinajstić information content (AvgIpc) is 3.16. The Balaban J connectivity index is 1.72. The van der Waals surface area contributed by atoms with Crippen molar-refractivity contribution in [1.29, 1.82) is 0 Å². The summed E-state index contributed by atoms with van der Waals surface area (Å²) in [7, 11) is 1.59. The number of methoxy groups -OCH3 is 1. The Kier molecular flexibility index (Phi) is 4.71. The summed E-state index contributed by atoms with van der Waals surface area (Å²) in [6.07, 6.45) is 3.53. The SMILES string of the molecule is COc1ccc2c(-c3cn(Cc4cccn(C(C)C)c4=O)nn3)nc(N)nc2c1. The molecule has 4 rings (SSSR count). The molecule has 0 spiro atoms. The summed E-state index contributed by atoms with van der Waals surface area (Å²) in [4.78, 5) is 21.2. The maximum atomic E-state index is 12.6. The van der Waals surface area contributed by atoms with Gasteiger partial charge in [0, 0.05) is 29.3 Å². The van der Waals surface area contributed by atoms with Crippen molar-refractivity contribution in [2.24, 2.45) is 0 Å². The van der Waals surface area contributed by atoms with E-state index in [4.69, 9.17) is 10.5 Å². The molecule has 0 aliphatic heterocycles. The number of hydrogen-bond donors (Lipinski definition) is 1. The molecule has 9 heteroatoms. The van der Waals surface area contributed by atoms with Crippen molar-refractivity contribution in [2.75, 3.05) is 12.8 Å². The summed E-state index contributed by atoms with van der Waals surface area (Å²) in [5, 5.41) is 9.18. The molecule has 0 aliphatic carbocycles. The highest BCUT2D eigenvalue weighted by molar-refractivity contribution is 5.92. The van der Waals surface area contributed by atoms with Crippen molar-refractivity contribution < 1.29 is 4.74 Å². The van der Waals surface area contributed by atoms with Gasteiger partial charge in [0.15, 0.2) is 0 Å². The summed E-state index contributed by atoms with van der Waals surface area (Å²) < 4.78 is 8.56. The highest BCUT2D eigenvalue weighted by Gasteiger charge is 2.14. The first-order valence-corrected chi connectivity index (χ1v) is 9.18. The van der Waals surface area contributed by atoms with Gasteiger partial charge in [-0.3, -0.25) is 4.79 Å². The Labute approximate surface area is 166 Å². The number of rotatable bonds is 5. The lowest BCUT2D eigenvalue weighted by Gasteiger charge is -2.11. The fourth-order valence-corrected chi connectivity index (χ4v) is 3.19. The van der Waals surface area contributed by atoms with E-state index in [1.54, 1.807) is 40.9 Å². The van der Waals surface area contributed by atoms with Gasteiger partial charge in [-0.1, -0.05) is 11.3 Å². The second-order valence-electron chi connectivity index (χ2n) is 6.95. The highest BCUT2D eigenvalue weighted by Crippen LogP contribution is 2.28. The van der Waals surface area contributed by atoms with E-state index in [1.807, 2.05) is 32.0 Å². The van der Waals surface area contributed by atoms with Crippen LogP contribution in [0.2, 0.25) is 0 Å². The third-order valence-electron chi connectivity index (χ3n) is 4.64. The van der Waals surface area contributed by atoms with Crippen LogP contribution in [-0.2, 0) is 6.54 Å².